The molecular weight excluding hydrogens is 286 g/mol. The van der Waals surface area contributed by atoms with E-state index >= 15 is 0 Å². The van der Waals surface area contributed by atoms with Crippen molar-refractivity contribution in [2.45, 2.75) is 56.0 Å². The molecule has 1 amide bonds. The molecule has 2 aliphatic rings. The van der Waals surface area contributed by atoms with Gasteiger partial charge in [-0.15, -0.1) is 0 Å². The van der Waals surface area contributed by atoms with Gasteiger partial charge in [-0.2, -0.15) is 5.10 Å². The lowest BCUT2D eigenvalue weighted by atomic mass is 9.77. The van der Waals surface area contributed by atoms with Crippen LogP contribution < -0.4 is 5.32 Å². The zero-order chi connectivity index (χ0) is 15.7. The van der Waals surface area contributed by atoms with Gasteiger partial charge in [0.2, 0.25) is 5.91 Å². The number of aromatic nitrogens is 2. The number of rotatable bonds is 4. The van der Waals surface area contributed by atoms with Gasteiger partial charge in [0.1, 0.15) is 0 Å². The third kappa shape index (κ3) is 2.56. The van der Waals surface area contributed by atoms with E-state index < -0.39 is 0 Å². The Morgan fingerprint density at radius 2 is 1.87 bits per heavy atom. The van der Waals surface area contributed by atoms with Crippen LogP contribution in [0.3, 0.4) is 0 Å². The van der Waals surface area contributed by atoms with Gasteiger partial charge in [0.15, 0.2) is 0 Å². The molecule has 2 aliphatic carbocycles. The molecule has 4 heteroatoms. The van der Waals surface area contributed by atoms with Crippen molar-refractivity contribution < 1.29 is 4.79 Å². The molecule has 0 unspecified atom stereocenters. The molecular formula is C19H23N3O. The molecule has 0 radical (unpaired) electrons. The lowest BCUT2D eigenvalue weighted by Gasteiger charge is -2.38. The average molecular weight is 309 g/mol. The highest BCUT2D eigenvalue weighted by Crippen LogP contribution is 2.42. The third-order valence-corrected chi connectivity index (χ3v) is 5.57. The Morgan fingerprint density at radius 1 is 1.13 bits per heavy atom. The molecule has 0 spiro atoms. The van der Waals surface area contributed by atoms with Crippen molar-refractivity contribution in [2.24, 2.45) is 0 Å². The van der Waals surface area contributed by atoms with E-state index in [1.807, 2.05) is 41.3 Å². The normalized spacial score (nSPS) is 25.7. The van der Waals surface area contributed by atoms with E-state index in [4.69, 9.17) is 0 Å². The van der Waals surface area contributed by atoms with Crippen molar-refractivity contribution in [1.82, 2.24) is 15.1 Å². The van der Waals surface area contributed by atoms with E-state index in [0.717, 1.165) is 38.5 Å². The molecule has 2 saturated carbocycles. The predicted molar refractivity (Wildman–Crippen MR) is 89.0 cm³/mol. The summed E-state index contributed by atoms with van der Waals surface area (Å²) < 4.78 is 2.01. The number of carbonyl (C=O) groups excluding carboxylic acids is 1. The highest BCUT2D eigenvalue weighted by Gasteiger charge is 2.44. The summed E-state index contributed by atoms with van der Waals surface area (Å²) in [5.74, 6) is 0.227. The zero-order valence-corrected chi connectivity index (χ0v) is 13.3. The number of nitrogens with one attached hydrogen (secondary N) is 1. The Balaban J connectivity index is 1.44. The average Bonchev–Trinajstić information content (AvgIpc) is 3.23. The van der Waals surface area contributed by atoms with Gasteiger partial charge < -0.3 is 5.32 Å². The zero-order valence-electron chi connectivity index (χ0n) is 13.3. The van der Waals surface area contributed by atoms with Crippen molar-refractivity contribution >= 4 is 5.91 Å². The van der Waals surface area contributed by atoms with Crippen molar-refractivity contribution in [3.63, 3.8) is 0 Å². The molecule has 1 aromatic carbocycles. The van der Waals surface area contributed by atoms with E-state index in [-0.39, 0.29) is 17.4 Å². The SMILES string of the molecule is O=C(NC1CC(n2cccn2)C1)C1(c2ccccc2)CCCC1. The molecule has 0 aliphatic heterocycles. The van der Waals surface area contributed by atoms with Crippen molar-refractivity contribution in [3.8, 4) is 0 Å². The summed E-state index contributed by atoms with van der Waals surface area (Å²) in [6, 6.07) is 13.0. The Bertz CT molecular complexity index is 653. The summed E-state index contributed by atoms with van der Waals surface area (Å²) in [4.78, 5) is 13.0. The number of benzene rings is 1. The minimum Gasteiger partial charge on any atom is -0.352 e. The largest absolute Gasteiger partial charge is 0.352 e. The fraction of sp³-hybridized carbons (Fsp3) is 0.474. The quantitative estimate of drug-likeness (QED) is 0.942. The minimum absolute atomic E-state index is 0.227. The summed E-state index contributed by atoms with van der Waals surface area (Å²) in [5.41, 5.74) is 0.871. The first-order valence-corrected chi connectivity index (χ1v) is 8.63. The highest BCUT2D eigenvalue weighted by atomic mass is 16.2. The van der Waals surface area contributed by atoms with E-state index in [1.165, 1.54) is 5.56 Å². The van der Waals surface area contributed by atoms with Crippen LogP contribution in [0.2, 0.25) is 0 Å². The van der Waals surface area contributed by atoms with E-state index in [9.17, 15) is 4.79 Å². The van der Waals surface area contributed by atoms with Crippen molar-refractivity contribution in [1.29, 1.82) is 0 Å². The number of hydrogen-bond acceptors (Lipinski definition) is 2. The second-order valence-electron chi connectivity index (χ2n) is 6.94. The van der Waals surface area contributed by atoms with Gasteiger partial charge in [0.25, 0.3) is 0 Å². The number of amides is 1. The van der Waals surface area contributed by atoms with Crippen molar-refractivity contribution in [2.75, 3.05) is 0 Å². The molecule has 1 heterocycles. The molecule has 120 valence electrons. The fourth-order valence-electron chi connectivity index (χ4n) is 4.12. The van der Waals surface area contributed by atoms with Gasteiger partial charge in [0, 0.05) is 18.4 Å². The van der Waals surface area contributed by atoms with Crippen LogP contribution in [-0.4, -0.2) is 21.7 Å². The molecule has 4 rings (SSSR count). The Hall–Kier alpha value is -2.10. The van der Waals surface area contributed by atoms with Crippen LogP contribution >= 0.6 is 0 Å². The van der Waals surface area contributed by atoms with Crippen LogP contribution in [-0.2, 0) is 10.2 Å². The molecule has 2 aromatic rings. The summed E-state index contributed by atoms with van der Waals surface area (Å²) >= 11 is 0. The maximum absolute atomic E-state index is 13.0. The molecule has 23 heavy (non-hydrogen) atoms. The summed E-state index contributed by atoms with van der Waals surface area (Å²) in [5, 5.41) is 7.60. The van der Waals surface area contributed by atoms with Crippen LogP contribution in [0.25, 0.3) is 0 Å². The smallest absolute Gasteiger partial charge is 0.230 e. The molecule has 0 saturated heterocycles. The number of carbonyl (C=O) groups is 1. The fourth-order valence-corrected chi connectivity index (χ4v) is 4.12. The van der Waals surface area contributed by atoms with Crippen LogP contribution in [0.15, 0.2) is 48.8 Å². The van der Waals surface area contributed by atoms with Crippen LogP contribution in [0, 0.1) is 0 Å². The van der Waals surface area contributed by atoms with Gasteiger partial charge in [-0.1, -0.05) is 43.2 Å². The maximum Gasteiger partial charge on any atom is 0.230 e. The maximum atomic E-state index is 13.0. The first-order chi connectivity index (χ1) is 11.3. The van der Waals surface area contributed by atoms with Gasteiger partial charge in [-0.05, 0) is 37.3 Å². The third-order valence-electron chi connectivity index (χ3n) is 5.57. The monoisotopic (exact) mass is 309 g/mol. The van der Waals surface area contributed by atoms with Crippen LogP contribution in [0.4, 0.5) is 0 Å². The van der Waals surface area contributed by atoms with E-state index in [2.05, 4.69) is 22.5 Å². The molecule has 2 fully saturated rings. The minimum atomic E-state index is -0.307. The number of nitrogens with zero attached hydrogens (tertiary/aromatic N) is 2. The summed E-state index contributed by atoms with van der Waals surface area (Å²) in [7, 11) is 0. The Labute approximate surface area is 136 Å². The molecule has 0 bridgehead atoms. The van der Waals surface area contributed by atoms with E-state index in [0.29, 0.717) is 6.04 Å². The second-order valence-corrected chi connectivity index (χ2v) is 6.94. The van der Waals surface area contributed by atoms with Gasteiger partial charge in [0.05, 0.1) is 11.5 Å². The highest BCUT2D eigenvalue weighted by molar-refractivity contribution is 5.88. The lowest BCUT2D eigenvalue weighted by Crippen LogP contribution is -2.51. The van der Waals surface area contributed by atoms with Gasteiger partial charge in [-0.3, -0.25) is 9.48 Å². The molecule has 1 N–H and O–H groups in total. The summed E-state index contributed by atoms with van der Waals surface area (Å²) in [6.45, 7) is 0. The topological polar surface area (TPSA) is 46.9 Å². The van der Waals surface area contributed by atoms with Gasteiger partial charge in [-0.25, -0.2) is 0 Å². The molecule has 1 aromatic heterocycles. The van der Waals surface area contributed by atoms with Crippen LogP contribution in [0.5, 0.6) is 0 Å². The first-order valence-electron chi connectivity index (χ1n) is 8.63. The van der Waals surface area contributed by atoms with E-state index in [1.54, 1.807) is 0 Å². The summed E-state index contributed by atoms with van der Waals surface area (Å²) in [6.07, 6.45) is 10.0. The van der Waals surface area contributed by atoms with Gasteiger partial charge >= 0.3 is 0 Å². The molecule has 0 atom stereocenters. The first kappa shape index (κ1) is 14.5. The lowest BCUT2D eigenvalue weighted by molar-refractivity contribution is -0.128. The Morgan fingerprint density at radius 3 is 2.52 bits per heavy atom. The van der Waals surface area contributed by atoms with Crippen molar-refractivity contribution in [3.05, 3.63) is 54.4 Å². The Kier molecular flexibility index (Phi) is 3.68. The van der Waals surface area contributed by atoms with Crippen LogP contribution in [0.1, 0.15) is 50.1 Å². The molecule has 4 nitrogen and oxygen atoms in total. The predicted octanol–water partition coefficient (Wildman–Crippen LogP) is 3.21. The standard InChI is InChI=1S/C19H23N3O/c23-18(21-16-13-17(14-16)22-12-6-11-20-22)19(9-4-5-10-19)15-7-2-1-3-8-15/h1-3,6-8,11-12,16-17H,4-5,9-10,13-14H2,(H,21,23). The second kappa shape index (κ2) is 5.84. The number of hydrogen-bond donors (Lipinski definition) is 1.